The molecule has 0 saturated heterocycles. The maximum atomic E-state index is 12.9. The molecule has 1 aromatic rings. The van der Waals surface area contributed by atoms with Gasteiger partial charge in [0.25, 0.3) is 0 Å². The van der Waals surface area contributed by atoms with Crippen LogP contribution in [-0.2, 0) is 0 Å². The van der Waals surface area contributed by atoms with Crippen molar-refractivity contribution in [3.8, 4) is 0 Å². The van der Waals surface area contributed by atoms with E-state index >= 15 is 0 Å². The quantitative estimate of drug-likeness (QED) is 0.680. The molecule has 64 valence electrons. The molecule has 0 fully saturated rings. The summed E-state index contributed by atoms with van der Waals surface area (Å²) in [6, 6.07) is 4.12. The molecule has 1 atom stereocenters. The van der Waals surface area contributed by atoms with Gasteiger partial charge in [0.2, 0.25) is 0 Å². The van der Waals surface area contributed by atoms with Gasteiger partial charge in [0.1, 0.15) is 5.82 Å². The molecule has 0 aromatic heterocycles. The van der Waals surface area contributed by atoms with Crippen molar-refractivity contribution in [3.63, 3.8) is 0 Å². The summed E-state index contributed by atoms with van der Waals surface area (Å²) in [5.41, 5.74) is 6.14. The molecule has 1 aromatic carbocycles. The maximum absolute atomic E-state index is 12.9. The number of nitrogens with two attached hydrogens (primary N) is 1. The monoisotopic (exact) mass is 167 g/mol. The molecule has 2 nitrogen and oxygen atoms in total. The van der Waals surface area contributed by atoms with E-state index in [0.717, 1.165) is 0 Å². The van der Waals surface area contributed by atoms with Crippen molar-refractivity contribution >= 4 is 6.29 Å². The number of hydrogen-bond acceptors (Lipinski definition) is 2. The van der Waals surface area contributed by atoms with Crippen LogP contribution in [0, 0.1) is 5.82 Å². The first kappa shape index (κ1) is 8.87. The van der Waals surface area contributed by atoms with E-state index in [1.807, 2.05) is 0 Å². The van der Waals surface area contributed by atoms with E-state index < -0.39 is 5.82 Å². The van der Waals surface area contributed by atoms with E-state index in [1.54, 1.807) is 19.1 Å². The molecule has 0 bridgehead atoms. The van der Waals surface area contributed by atoms with Crippen molar-refractivity contribution in [1.82, 2.24) is 0 Å². The third-order valence-electron chi connectivity index (χ3n) is 1.70. The van der Waals surface area contributed by atoms with E-state index in [1.165, 1.54) is 6.07 Å². The van der Waals surface area contributed by atoms with Gasteiger partial charge in [-0.1, -0.05) is 12.1 Å². The lowest BCUT2D eigenvalue weighted by atomic mass is 10.0. The predicted octanol–water partition coefficient (Wildman–Crippen LogP) is 1.66. The lowest BCUT2D eigenvalue weighted by Gasteiger charge is -2.08. The van der Waals surface area contributed by atoms with Crippen LogP contribution in [0.4, 0.5) is 4.39 Å². The highest BCUT2D eigenvalue weighted by Crippen LogP contribution is 2.16. The standard InChI is InChI=1S/C9H10FNO/c1-6(11)7-3-2-4-9(10)8(7)5-12/h2-6H,11H2,1H3/t6-/m1/s1. The third kappa shape index (κ3) is 1.51. The number of hydrogen-bond donors (Lipinski definition) is 1. The summed E-state index contributed by atoms with van der Waals surface area (Å²) in [5, 5.41) is 0. The van der Waals surface area contributed by atoms with Gasteiger partial charge in [-0.3, -0.25) is 4.79 Å². The van der Waals surface area contributed by atoms with Gasteiger partial charge >= 0.3 is 0 Å². The van der Waals surface area contributed by atoms with E-state index in [-0.39, 0.29) is 11.6 Å². The van der Waals surface area contributed by atoms with Crippen LogP contribution in [0.3, 0.4) is 0 Å². The molecule has 0 amide bonds. The molecule has 0 aliphatic carbocycles. The van der Waals surface area contributed by atoms with Gasteiger partial charge in [0.15, 0.2) is 6.29 Å². The van der Waals surface area contributed by atoms with E-state index in [0.29, 0.717) is 11.8 Å². The summed E-state index contributed by atoms with van der Waals surface area (Å²) in [6.45, 7) is 1.71. The second kappa shape index (κ2) is 3.45. The zero-order chi connectivity index (χ0) is 9.14. The van der Waals surface area contributed by atoms with E-state index in [4.69, 9.17) is 5.73 Å². The first-order valence-electron chi connectivity index (χ1n) is 3.66. The molecular weight excluding hydrogens is 157 g/mol. The van der Waals surface area contributed by atoms with Gasteiger partial charge in [-0.2, -0.15) is 0 Å². The van der Waals surface area contributed by atoms with Crippen LogP contribution in [0.1, 0.15) is 28.9 Å². The van der Waals surface area contributed by atoms with Gasteiger partial charge in [-0.15, -0.1) is 0 Å². The SMILES string of the molecule is C[C@@H](N)c1cccc(F)c1C=O. The molecule has 3 heteroatoms. The number of benzene rings is 1. The minimum Gasteiger partial charge on any atom is -0.324 e. The Bertz CT molecular complexity index is 297. The summed E-state index contributed by atoms with van der Waals surface area (Å²) in [7, 11) is 0. The van der Waals surface area contributed by atoms with Gasteiger partial charge in [-0.25, -0.2) is 4.39 Å². The van der Waals surface area contributed by atoms with Crippen molar-refractivity contribution in [2.24, 2.45) is 5.73 Å². The largest absolute Gasteiger partial charge is 0.324 e. The van der Waals surface area contributed by atoms with Crippen LogP contribution in [-0.4, -0.2) is 6.29 Å². The molecule has 2 N–H and O–H groups in total. The van der Waals surface area contributed by atoms with Crippen LogP contribution >= 0.6 is 0 Å². The molecule has 12 heavy (non-hydrogen) atoms. The van der Waals surface area contributed by atoms with E-state index in [2.05, 4.69) is 0 Å². The highest BCUT2D eigenvalue weighted by Gasteiger charge is 2.09. The molecule has 1 rings (SSSR count). The number of aldehydes is 1. The van der Waals surface area contributed by atoms with Crippen LogP contribution in [0.25, 0.3) is 0 Å². The van der Waals surface area contributed by atoms with Gasteiger partial charge < -0.3 is 5.73 Å². The molecule has 0 aliphatic heterocycles. The zero-order valence-electron chi connectivity index (χ0n) is 6.75. The Morgan fingerprint density at radius 2 is 2.25 bits per heavy atom. The molecule has 0 saturated carbocycles. The Balaban J connectivity index is 3.27. The van der Waals surface area contributed by atoms with Crippen molar-refractivity contribution in [2.75, 3.05) is 0 Å². The van der Waals surface area contributed by atoms with Crippen molar-refractivity contribution in [3.05, 3.63) is 35.1 Å². The fraction of sp³-hybridized carbons (Fsp3) is 0.222. The topological polar surface area (TPSA) is 43.1 Å². The first-order valence-corrected chi connectivity index (χ1v) is 3.66. The Morgan fingerprint density at radius 1 is 1.58 bits per heavy atom. The Hall–Kier alpha value is -1.22. The Morgan fingerprint density at radius 3 is 2.67 bits per heavy atom. The molecule has 0 spiro atoms. The molecular formula is C9H10FNO. The van der Waals surface area contributed by atoms with Crippen LogP contribution in [0.5, 0.6) is 0 Å². The minimum atomic E-state index is -0.514. The van der Waals surface area contributed by atoms with Crippen molar-refractivity contribution < 1.29 is 9.18 Å². The lowest BCUT2D eigenvalue weighted by molar-refractivity contribution is 0.111. The third-order valence-corrected chi connectivity index (χ3v) is 1.70. The average Bonchev–Trinajstić information content (AvgIpc) is 2.03. The Labute approximate surface area is 70.2 Å². The maximum Gasteiger partial charge on any atom is 0.153 e. The minimum absolute atomic E-state index is 0.0625. The molecule has 0 aliphatic rings. The summed E-state index contributed by atoms with van der Waals surface area (Å²) < 4.78 is 12.9. The molecule has 0 unspecified atom stereocenters. The second-order valence-corrected chi connectivity index (χ2v) is 2.65. The highest BCUT2D eigenvalue weighted by atomic mass is 19.1. The predicted molar refractivity (Wildman–Crippen MR) is 44.4 cm³/mol. The Kier molecular flexibility index (Phi) is 2.55. The molecule has 0 radical (unpaired) electrons. The number of rotatable bonds is 2. The van der Waals surface area contributed by atoms with Crippen LogP contribution in [0.2, 0.25) is 0 Å². The fourth-order valence-electron chi connectivity index (χ4n) is 1.08. The van der Waals surface area contributed by atoms with Gasteiger partial charge in [0.05, 0.1) is 5.56 Å². The summed E-state index contributed by atoms with van der Waals surface area (Å²) in [6.07, 6.45) is 0.494. The normalized spacial score (nSPS) is 12.6. The highest BCUT2D eigenvalue weighted by molar-refractivity contribution is 5.77. The van der Waals surface area contributed by atoms with Crippen LogP contribution < -0.4 is 5.73 Å². The van der Waals surface area contributed by atoms with Gasteiger partial charge in [0, 0.05) is 6.04 Å². The number of carbonyl (C=O) groups excluding carboxylic acids is 1. The van der Waals surface area contributed by atoms with Crippen molar-refractivity contribution in [2.45, 2.75) is 13.0 Å². The summed E-state index contributed by atoms with van der Waals surface area (Å²) >= 11 is 0. The summed E-state index contributed by atoms with van der Waals surface area (Å²) in [4.78, 5) is 10.5. The van der Waals surface area contributed by atoms with E-state index in [9.17, 15) is 9.18 Å². The number of halogens is 1. The summed E-state index contributed by atoms with van der Waals surface area (Å²) in [5.74, 6) is -0.514. The first-order chi connectivity index (χ1) is 5.66. The second-order valence-electron chi connectivity index (χ2n) is 2.65. The van der Waals surface area contributed by atoms with Crippen LogP contribution in [0.15, 0.2) is 18.2 Å². The average molecular weight is 167 g/mol. The van der Waals surface area contributed by atoms with Crippen molar-refractivity contribution in [1.29, 1.82) is 0 Å². The lowest BCUT2D eigenvalue weighted by Crippen LogP contribution is -2.09. The van der Waals surface area contributed by atoms with Gasteiger partial charge in [-0.05, 0) is 18.6 Å². The zero-order valence-corrected chi connectivity index (χ0v) is 6.75. The molecule has 0 heterocycles. The fourth-order valence-corrected chi connectivity index (χ4v) is 1.08. The number of carbonyl (C=O) groups is 1. The smallest absolute Gasteiger partial charge is 0.153 e.